The molecule has 3 N–H and O–H groups in total. The molecule has 0 saturated heterocycles. The topological polar surface area (TPSA) is 84.7 Å². The molecule has 0 amide bonds. The van der Waals surface area contributed by atoms with Gasteiger partial charge in [-0.2, -0.15) is 0 Å². The van der Waals surface area contributed by atoms with Gasteiger partial charge < -0.3 is 15.0 Å². The lowest BCUT2D eigenvalue weighted by Gasteiger charge is -2.19. The summed E-state index contributed by atoms with van der Waals surface area (Å²) in [7, 11) is 0.0689. The van der Waals surface area contributed by atoms with Crippen LogP contribution in [0.5, 0.6) is 0 Å². The molecule has 0 aliphatic rings. The Morgan fingerprint density at radius 3 is 2.71 bits per heavy atom. The fraction of sp³-hybridized carbons (Fsp3) is 0.571. The molecular formula is C14H25N3O3S. The molecule has 21 heavy (non-hydrogen) atoms. The molecule has 0 fully saturated rings. The Kier molecular flexibility index (Phi) is 7.27. The zero-order valence-corrected chi connectivity index (χ0v) is 13.7. The van der Waals surface area contributed by atoms with Gasteiger partial charge in [-0.05, 0) is 31.7 Å². The molecule has 120 valence electrons. The summed E-state index contributed by atoms with van der Waals surface area (Å²) in [6.45, 7) is 5.29. The average Bonchev–Trinajstić information content (AvgIpc) is 2.44. The molecule has 1 unspecified atom stereocenters. The van der Waals surface area contributed by atoms with Crippen molar-refractivity contribution in [2.45, 2.75) is 17.9 Å². The highest BCUT2D eigenvalue weighted by Crippen LogP contribution is 2.16. The maximum atomic E-state index is 11.4. The minimum absolute atomic E-state index is 0.0579. The van der Waals surface area contributed by atoms with Crippen molar-refractivity contribution in [2.24, 2.45) is 5.14 Å². The van der Waals surface area contributed by atoms with Gasteiger partial charge in [-0.25, -0.2) is 13.6 Å². The highest BCUT2D eigenvalue weighted by molar-refractivity contribution is 7.89. The van der Waals surface area contributed by atoms with Crippen molar-refractivity contribution in [1.29, 1.82) is 0 Å². The van der Waals surface area contributed by atoms with Crippen molar-refractivity contribution in [3.8, 4) is 0 Å². The van der Waals surface area contributed by atoms with Gasteiger partial charge in [0.05, 0.1) is 11.5 Å². The van der Waals surface area contributed by atoms with Crippen LogP contribution in [0, 0.1) is 0 Å². The Balaban J connectivity index is 2.51. The van der Waals surface area contributed by atoms with E-state index in [0.29, 0.717) is 6.61 Å². The number of sulfonamides is 1. The molecule has 0 radical (unpaired) electrons. The molecule has 7 heteroatoms. The van der Waals surface area contributed by atoms with E-state index < -0.39 is 10.0 Å². The van der Waals surface area contributed by atoms with Gasteiger partial charge in [-0.3, -0.25) is 0 Å². The standard InChI is InChI=1S/C14H25N3O3S/c1-12(16-7-8-17(2)9-10-20-3)13-5-4-6-14(11-13)21(15,18)19/h4-6,11-12,16H,7-10H2,1-3H3,(H2,15,18,19). The second-order valence-corrected chi connectivity index (χ2v) is 6.65. The van der Waals surface area contributed by atoms with E-state index in [-0.39, 0.29) is 10.9 Å². The Morgan fingerprint density at radius 1 is 1.38 bits per heavy atom. The third-order valence-corrected chi connectivity index (χ3v) is 4.22. The van der Waals surface area contributed by atoms with Crippen molar-refractivity contribution in [3.05, 3.63) is 29.8 Å². The maximum Gasteiger partial charge on any atom is 0.238 e. The number of hydrogen-bond donors (Lipinski definition) is 2. The molecule has 1 rings (SSSR count). The zero-order valence-electron chi connectivity index (χ0n) is 12.9. The Labute approximate surface area is 127 Å². The number of primary sulfonamides is 1. The number of nitrogens with one attached hydrogen (secondary N) is 1. The summed E-state index contributed by atoms with van der Waals surface area (Å²) in [5.74, 6) is 0. The van der Waals surface area contributed by atoms with Crippen LogP contribution >= 0.6 is 0 Å². The highest BCUT2D eigenvalue weighted by Gasteiger charge is 2.11. The molecule has 0 spiro atoms. The zero-order chi connectivity index (χ0) is 15.9. The van der Waals surface area contributed by atoms with Crippen molar-refractivity contribution < 1.29 is 13.2 Å². The van der Waals surface area contributed by atoms with Crippen molar-refractivity contribution in [3.63, 3.8) is 0 Å². The van der Waals surface area contributed by atoms with Crippen LogP contribution in [0.4, 0.5) is 0 Å². The predicted octanol–water partition coefficient (Wildman–Crippen LogP) is 0.563. The van der Waals surface area contributed by atoms with Crippen molar-refractivity contribution in [2.75, 3.05) is 40.4 Å². The molecule has 1 aromatic rings. The van der Waals surface area contributed by atoms with Crippen LogP contribution < -0.4 is 10.5 Å². The second-order valence-electron chi connectivity index (χ2n) is 5.09. The molecule has 0 aliphatic heterocycles. The normalized spacial score (nSPS) is 13.6. The number of ether oxygens (including phenoxy) is 1. The van der Waals surface area contributed by atoms with E-state index in [0.717, 1.165) is 25.2 Å². The van der Waals surface area contributed by atoms with E-state index in [4.69, 9.17) is 9.88 Å². The first-order valence-corrected chi connectivity index (χ1v) is 8.43. The highest BCUT2D eigenvalue weighted by atomic mass is 32.2. The minimum atomic E-state index is -3.65. The lowest BCUT2D eigenvalue weighted by molar-refractivity contribution is 0.161. The Hall–Kier alpha value is -0.990. The summed E-state index contributed by atoms with van der Waals surface area (Å²) < 4.78 is 27.7. The summed E-state index contributed by atoms with van der Waals surface area (Å²) in [6.07, 6.45) is 0. The van der Waals surface area contributed by atoms with Crippen LogP contribution in [-0.2, 0) is 14.8 Å². The smallest absolute Gasteiger partial charge is 0.238 e. The summed E-state index contributed by atoms with van der Waals surface area (Å²) >= 11 is 0. The minimum Gasteiger partial charge on any atom is -0.383 e. The number of nitrogens with zero attached hydrogens (tertiary/aromatic N) is 1. The lowest BCUT2D eigenvalue weighted by Crippen LogP contribution is -2.32. The van der Waals surface area contributed by atoms with Gasteiger partial charge >= 0.3 is 0 Å². The second kappa shape index (κ2) is 8.45. The number of likely N-dealkylation sites (N-methyl/N-ethyl adjacent to an activating group) is 1. The number of rotatable bonds is 9. The molecule has 0 aliphatic carbocycles. The van der Waals surface area contributed by atoms with Crippen LogP contribution in [-0.4, -0.2) is 53.7 Å². The van der Waals surface area contributed by atoms with Crippen LogP contribution in [0.3, 0.4) is 0 Å². The van der Waals surface area contributed by atoms with Gasteiger partial charge in [-0.15, -0.1) is 0 Å². The van der Waals surface area contributed by atoms with Crippen LogP contribution in [0.25, 0.3) is 0 Å². The third kappa shape index (κ3) is 6.54. The SMILES string of the molecule is COCCN(C)CCNC(C)c1cccc(S(N)(=O)=O)c1. The monoisotopic (exact) mass is 315 g/mol. The molecule has 6 nitrogen and oxygen atoms in total. The van der Waals surface area contributed by atoms with Crippen molar-refractivity contribution in [1.82, 2.24) is 10.2 Å². The quantitative estimate of drug-likeness (QED) is 0.696. The molecule has 0 bridgehead atoms. The van der Waals surface area contributed by atoms with Gasteiger partial charge in [0.15, 0.2) is 0 Å². The van der Waals surface area contributed by atoms with E-state index in [9.17, 15) is 8.42 Å². The fourth-order valence-corrected chi connectivity index (χ4v) is 2.48. The molecular weight excluding hydrogens is 290 g/mol. The molecule has 0 saturated carbocycles. The first-order valence-electron chi connectivity index (χ1n) is 6.88. The number of benzene rings is 1. The number of nitrogens with two attached hydrogens (primary N) is 1. The first-order chi connectivity index (χ1) is 9.84. The lowest BCUT2D eigenvalue weighted by atomic mass is 10.1. The Morgan fingerprint density at radius 2 is 2.10 bits per heavy atom. The van der Waals surface area contributed by atoms with E-state index >= 15 is 0 Å². The summed E-state index contributed by atoms with van der Waals surface area (Å²) in [6, 6.07) is 6.77. The van der Waals surface area contributed by atoms with E-state index in [1.165, 1.54) is 6.07 Å². The first kappa shape index (κ1) is 18.1. The molecule has 1 atom stereocenters. The van der Waals surface area contributed by atoms with Crippen LogP contribution in [0.1, 0.15) is 18.5 Å². The van der Waals surface area contributed by atoms with Gasteiger partial charge in [0.2, 0.25) is 10.0 Å². The molecule has 0 heterocycles. The fourth-order valence-electron chi connectivity index (χ4n) is 1.91. The average molecular weight is 315 g/mol. The maximum absolute atomic E-state index is 11.4. The molecule has 1 aromatic carbocycles. The third-order valence-electron chi connectivity index (χ3n) is 3.31. The number of methoxy groups -OCH3 is 1. The largest absolute Gasteiger partial charge is 0.383 e. The van der Waals surface area contributed by atoms with E-state index in [1.54, 1.807) is 19.2 Å². The Bertz CT molecular complexity index is 534. The van der Waals surface area contributed by atoms with Gasteiger partial charge in [0, 0.05) is 32.8 Å². The van der Waals surface area contributed by atoms with Crippen LogP contribution in [0.2, 0.25) is 0 Å². The number of hydrogen-bond acceptors (Lipinski definition) is 5. The van der Waals surface area contributed by atoms with Gasteiger partial charge in [-0.1, -0.05) is 12.1 Å². The predicted molar refractivity (Wildman–Crippen MR) is 83.6 cm³/mol. The van der Waals surface area contributed by atoms with E-state index in [2.05, 4.69) is 10.2 Å². The summed E-state index contributed by atoms with van der Waals surface area (Å²) in [5, 5.41) is 8.51. The van der Waals surface area contributed by atoms with E-state index in [1.807, 2.05) is 20.0 Å². The van der Waals surface area contributed by atoms with Crippen molar-refractivity contribution >= 4 is 10.0 Å². The summed E-state index contributed by atoms with van der Waals surface area (Å²) in [4.78, 5) is 2.31. The van der Waals surface area contributed by atoms with Gasteiger partial charge in [0.1, 0.15) is 0 Å². The van der Waals surface area contributed by atoms with Gasteiger partial charge in [0.25, 0.3) is 0 Å². The summed E-state index contributed by atoms with van der Waals surface area (Å²) in [5.41, 5.74) is 0.904. The van der Waals surface area contributed by atoms with Crippen LogP contribution in [0.15, 0.2) is 29.2 Å². The molecule has 0 aromatic heterocycles.